The summed E-state index contributed by atoms with van der Waals surface area (Å²) in [6.07, 6.45) is 4.50. The quantitative estimate of drug-likeness (QED) is 0.210. The zero-order valence-electron chi connectivity index (χ0n) is 24.9. The second-order valence-electron chi connectivity index (χ2n) is 11.3. The summed E-state index contributed by atoms with van der Waals surface area (Å²) in [6.45, 7) is 1.68. The number of carbonyl (C=O) groups is 1. The van der Waals surface area contributed by atoms with Crippen LogP contribution in [0.3, 0.4) is 0 Å². The standard InChI is InChI=1S/C32H32FN7O4S/c1-21-16-28(23-18-26(33)31(42)39(20-23)19-22-13-14-27-29(17-22)38(2)37-36-27)35-32(34-21)45(43,44)15-7-12-30(41)40(25-10-6-11-25)24-8-4-3-5-9-24/h3-5,8-9,13-14,16-18,20,25H,6-7,10-12,15,19H2,1-2H3. The Hall–Kier alpha value is -4.78. The molecule has 0 unspecified atom stereocenters. The van der Waals surface area contributed by atoms with Gasteiger partial charge in [-0.15, -0.1) is 5.10 Å². The van der Waals surface area contributed by atoms with Crippen LogP contribution < -0.4 is 10.5 Å². The van der Waals surface area contributed by atoms with Crippen LogP contribution in [0.4, 0.5) is 10.1 Å². The van der Waals surface area contributed by atoms with Gasteiger partial charge in [-0.25, -0.2) is 27.5 Å². The predicted octanol–water partition coefficient (Wildman–Crippen LogP) is 4.22. The first kappa shape index (κ1) is 30.3. The summed E-state index contributed by atoms with van der Waals surface area (Å²) in [4.78, 5) is 36.1. The van der Waals surface area contributed by atoms with Crippen LogP contribution in [0.2, 0.25) is 0 Å². The molecule has 11 nitrogen and oxygen atoms in total. The van der Waals surface area contributed by atoms with Gasteiger partial charge in [0.25, 0.3) is 5.56 Å². The molecule has 1 aliphatic rings. The fraction of sp³-hybridized carbons (Fsp3) is 0.312. The molecule has 1 fully saturated rings. The highest BCUT2D eigenvalue weighted by molar-refractivity contribution is 7.91. The highest BCUT2D eigenvalue weighted by atomic mass is 32.2. The zero-order chi connectivity index (χ0) is 31.7. The Morgan fingerprint density at radius 2 is 1.84 bits per heavy atom. The van der Waals surface area contributed by atoms with E-state index in [1.807, 2.05) is 36.4 Å². The van der Waals surface area contributed by atoms with Gasteiger partial charge < -0.3 is 9.47 Å². The Bertz CT molecular complexity index is 2060. The summed E-state index contributed by atoms with van der Waals surface area (Å²) >= 11 is 0. The molecule has 3 aromatic heterocycles. The number of aromatic nitrogens is 6. The van der Waals surface area contributed by atoms with Gasteiger partial charge in [-0.05, 0) is 74.6 Å². The lowest BCUT2D eigenvalue weighted by atomic mass is 9.90. The number of pyridine rings is 1. The van der Waals surface area contributed by atoms with E-state index in [0.717, 1.165) is 42.1 Å². The van der Waals surface area contributed by atoms with E-state index in [-0.39, 0.29) is 48.3 Å². The zero-order valence-corrected chi connectivity index (χ0v) is 25.7. The molecule has 3 heterocycles. The number of fused-ring (bicyclic) bond motifs is 1. The molecule has 1 aliphatic carbocycles. The van der Waals surface area contributed by atoms with Crippen LogP contribution in [0.15, 0.2) is 76.8 Å². The van der Waals surface area contributed by atoms with E-state index in [0.29, 0.717) is 11.2 Å². The Morgan fingerprint density at radius 1 is 1.07 bits per heavy atom. The van der Waals surface area contributed by atoms with Crippen molar-refractivity contribution in [1.82, 2.24) is 29.5 Å². The molecule has 5 aromatic rings. The molecule has 0 atom stereocenters. The van der Waals surface area contributed by atoms with Gasteiger partial charge in [0, 0.05) is 42.7 Å². The molecule has 0 saturated heterocycles. The van der Waals surface area contributed by atoms with Crippen molar-refractivity contribution < 1.29 is 17.6 Å². The number of nitrogens with zero attached hydrogens (tertiary/aromatic N) is 7. The van der Waals surface area contributed by atoms with E-state index >= 15 is 0 Å². The molecule has 6 rings (SSSR count). The van der Waals surface area contributed by atoms with Crippen LogP contribution >= 0.6 is 0 Å². The van der Waals surface area contributed by atoms with Crippen LogP contribution in [0, 0.1) is 12.7 Å². The van der Waals surface area contributed by atoms with E-state index < -0.39 is 26.4 Å². The van der Waals surface area contributed by atoms with Crippen LogP contribution in [0.25, 0.3) is 22.3 Å². The number of halogens is 1. The van der Waals surface area contributed by atoms with E-state index in [4.69, 9.17) is 0 Å². The monoisotopic (exact) mass is 629 g/mol. The lowest BCUT2D eigenvalue weighted by Gasteiger charge is -2.37. The molecule has 0 spiro atoms. The molecular weight excluding hydrogens is 597 g/mol. The molecule has 0 radical (unpaired) electrons. The summed E-state index contributed by atoms with van der Waals surface area (Å²) in [5, 5.41) is 7.63. The van der Waals surface area contributed by atoms with Crippen LogP contribution in [0.1, 0.15) is 43.4 Å². The van der Waals surface area contributed by atoms with Crippen molar-refractivity contribution in [2.45, 2.75) is 56.8 Å². The third-order valence-corrected chi connectivity index (χ3v) is 9.59. The lowest BCUT2D eigenvalue weighted by Crippen LogP contribution is -2.44. The second-order valence-corrected chi connectivity index (χ2v) is 13.3. The number of hydrogen-bond acceptors (Lipinski definition) is 8. The summed E-state index contributed by atoms with van der Waals surface area (Å²) in [6, 6.07) is 17.5. The van der Waals surface area contributed by atoms with Crippen molar-refractivity contribution in [3.63, 3.8) is 0 Å². The Balaban J connectivity index is 1.21. The molecule has 0 bridgehead atoms. The normalized spacial score (nSPS) is 13.6. The van der Waals surface area contributed by atoms with Crippen molar-refractivity contribution >= 4 is 32.5 Å². The van der Waals surface area contributed by atoms with Crippen molar-refractivity contribution in [1.29, 1.82) is 0 Å². The van der Waals surface area contributed by atoms with Crippen molar-refractivity contribution in [3.05, 3.63) is 94.3 Å². The fourth-order valence-electron chi connectivity index (χ4n) is 5.47. The topological polar surface area (TPSA) is 133 Å². The van der Waals surface area contributed by atoms with Gasteiger partial charge in [-0.2, -0.15) is 0 Å². The SMILES string of the molecule is Cc1cc(-c2cc(F)c(=O)n(Cc3ccc4nnn(C)c4c3)c2)nc(S(=O)(=O)CCCC(=O)N(c2ccccc2)C2CCC2)n1. The smallest absolute Gasteiger partial charge is 0.286 e. The summed E-state index contributed by atoms with van der Waals surface area (Å²) < 4.78 is 44.4. The highest BCUT2D eigenvalue weighted by Crippen LogP contribution is 2.30. The van der Waals surface area contributed by atoms with Gasteiger partial charge in [-0.1, -0.05) is 29.5 Å². The van der Waals surface area contributed by atoms with Gasteiger partial charge in [0.15, 0.2) is 5.82 Å². The minimum Gasteiger partial charge on any atom is -0.309 e. The van der Waals surface area contributed by atoms with Gasteiger partial charge in [0.05, 0.1) is 23.5 Å². The molecule has 45 heavy (non-hydrogen) atoms. The van der Waals surface area contributed by atoms with Crippen LogP contribution in [-0.4, -0.2) is 55.6 Å². The van der Waals surface area contributed by atoms with Gasteiger partial charge in [0.1, 0.15) is 5.52 Å². The first-order valence-electron chi connectivity index (χ1n) is 14.7. The first-order valence-corrected chi connectivity index (χ1v) is 16.4. The average molecular weight is 630 g/mol. The number of benzene rings is 2. The van der Waals surface area contributed by atoms with Gasteiger partial charge in [-0.3, -0.25) is 9.59 Å². The fourth-order valence-corrected chi connectivity index (χ4v) is 6.70. The number of aryl methyl sites for hydroxylation is 2. The summed E-state index contributed by atoms with van der Waals surface area (Å²) in [7, 11) is -2.23. The minimum absolute atomic E-state index is 0.0557. The Kier molecular flexibility index (Phi) is 8.28. The number of sulfone groups is 1. The van der Waals surface area contributed by atoms with Gasteiger partial charge >= 0.3 is 0 Å². The van der Waals surface area contributed by atoms with E-state index in [9.17, 15) is 22.4 Å². The molecule has 232 valence electrons. The first-order chi connectivity index (χ1) is 21.6. The average Bonchev–Trinajstić information content (AvgIpc) is 3.36. The minimum atomic E-state index is -3.98. The number of hydrogen-bond donors (Lipinski definition) is 0. The Labute approximate surface area is 259 Å². The maximum atomic E-state index is 14.9. The van der Waals surface area contributed by atoms with E-state index in [2.05, 4.69) is 20.3 Å². The number of para-hydroxylation sites is 1. The lowest BCUT2D eigenvalue weighted by molar-refractivity contribution is -0.119. The third kappa shape index (κ3) is 6.39. The van der Waals surface area contributed by atoms with Crippen molar-refractivity contribution in [2.24, 2.45) is 7.05 Å². The Morgan fingerprint density at radius 3 is 2.58 bits per heavy atom. The highest BCUT2D eigenvalue weighted by Gasteiger charge is 2.30. The number of anilines is 1. The van der Waals surface area contributed by atoms with Gasteiger partial charge in [0.2, 0.25) is 20.9 Å². The van der Waals surface area contributed by atoms with Crippen molar-refractivity contribution in [2.75, 3.05) is 10.7 Å². The molecule has 13 heteroatoms. The van der Waals surface area contributed by atoms with Crippen molar-refractivity contribution in [3.8, 4) is 11.3 Å². The third-order valence-electron chi connectivity index (χ3n) is 8.02. The predicted molar refractivity (Wildman–Crippen MR) is 167 cm³/mol. The number of amides is 1. The maximum Gasteiger partial charge on any atom is 0.286 e. The summed E-state index contributed by atoms with van der Waals surface area (Å²) in [5.41, 5.74) is 2.92. The molecule has 1 saturated carbocycles. The van der Waals surface area contributed by atoms with Crippen LogP contribution in [-0.2, 0) is 28.2 Å². The second kappa shape index (κ2) is 12.3. The number of carbonyl (C=O) groups excluding carboxylic acids is 1. The molecule has 2 aromatic carbocycles. The van der Waals surface area contributed by atoms with E-state index in [1.54, 1.807) is 35.7 Å². The molecule has 0 aliphatic heterocycles. The molecule has 1 amide bonds. The number of rotatable bonds is 10. The molecular formula is C32H32FN7O4S. The van der Waals surface area contributed by atoms with E-state index in [1.165, 1.54) is 16.8 Å². The molecule has 0 N–H and O–H groups in total. The summed E-state index contributed by atoms with van der Waals surface area (Å²) in [5.74, 6) is -1.44. The van der Waals surface area contributed by atoms with Crippen LogP contribution in [0.5, 0.6) is 0 Å². The maximum absolute atomic E-state index is 14.9. The largest absolute Gasteiger partial charge is 0.309 e.